The monoisotopic (exact) mass is 238 g/mol. The lowest BCUT2D eigenvalue weighted by atomic mass is 9.87. The fourth-order valence-electron chi connectivity index (χ4n) is 2.09. The number of carbonyl (C=O) groups is 1. The van der Waals surface area contributed by atoms with E-state index in [0.717, 1.165) is 0 Å². The van der Waals surface area contributed by atoms with E-state index in [2.05, 4.69) is 10.6 Å². The van der Waals surface area contributed by atoms with Crippen LogP contribution in [0, 0.1) is 0 Å². The summed E-state index contributed by atoms with van der Waals surface area (Å²) in [6.45, 7) is 0.550. The van der Waals surface area contributed by atoms with Crippen LogP contribution in [0.15, 0.2) is 0 Å². The molecule has 0 aromatic rings. The molecule has 1 aliphatic carbocycles. The van der Waals surface area contributed by atoms with Crippen molar-refractivity contribution in [3.8, 4) is 0 Å². The van der Waals surface area contributed by atoms with Crippen molar-refractivity contribution in [3.05, 3.63) is 0 Å². The van der Waals surface area contributed by atoms with Crippen molar-refractivity contribution in [2.45, 2.75) is 36.5 Å². The molecule has 0 unspecified atom stereocenters. The minimum atomic E-state index is -4.30. The van der Waals surface area contributed by atoms with E-state index in [1.54, 1.807) is 0 Å². The van der Waals surface area contributed by atoms with Crippen LogP contribution in [0.4, 0.5) is 13.2 Å². The number of alkyl halides is 3. The van der Waals surface area contributed by atoms with Gasteiger partial charge in [-0.05, 0) is 12.8 Å². The standard InChI is InChI=1S/C9H13F3N2O2/c10-9(11,12)8(1-2-8)14-7(3-6(15)16)4-13-5-7/h13-14H,1-5H2,(H,15,16). The maximum absolute atomic E-state index is 12.7. The van der Waals surface area contributed by atoms with Gasteiger partial charge in [-0.2, -0.15) is 13.2 Å². The van der Waals surface area contributed by atoms with Crippen molar-refractivity contribution in [2.24, 2.45) is 0 Å². The lowest BCUT2D eigenvalue weighted by Crippen LogP contribution is -2.72. The second kappa shape index (κ2) is 3.33. The summed E-state index contributed by atoms with van der Waals surface area (Å²) >= 11 is 0. The zero-order valence-electron chi connectivity index (χ0n) is 8.52. The minimum absolute atomic E-state index is 0.0396. The van der Waals surface area contributed by atoms with Gasteiger partial charge in [0.05, 0.1) is 12.0 Å². The lowest BCUT2D eigenvalue weighted by Gasteiger charge is -2.45. The minimum Gasteiger partial charge on any atom is -0.481 e. The maximum atomic E-state index is 12.7. The molecular weight excluding hydrogens is 225 g/mol. The summed E-state index contributed by atoms with van der Waals surface area (Å²) in [6.07, 6.45) is -4.50. The van der Waals surface area contributed by atoms with Gasteiger partial charge in [0.1, 0.15) is 5.54 Å². The highest BCUT2D eigenvalue weighted by Gasteiger charge is 2.66. The van der Waals surface area contributed by atoms with Crippen molar-refractivity contribution in [1.29, 1.82) is 0 Å². The van der Waals surface area contributed by atoms with E-state index in [1.807, 2.05) is 0 Å². The fraction of sp³-hybridized carbons (Fsp3) is 0.889. The number of halogens is 3. The molecule has 0 aromatic carbocycles. The highest BCUT2D eigenvalue weighted by Crippen LogP contribution is 2.50. The average molecular weight is 238 g/mol. The Hall–Kier alpha value is -0.820. The molecule has 1 aliphatic heterocycles. The Morgan fingerprint density at radius 1 is 1.38 bits per heavy atom. The van der Waals surface area contributed by atoms with Gasteiger partial charge in [0, 0.05) is 13.1 Å². The van der Waals surface area contributed by atoms with E-state index in [-0.39, 0.29) is 32.4 Å². The number of hydrogen-bond donors (Lipinski definition) is 3. The molecule has 0 amide bonds. The number of carboxylic acids is 1. The fourth-order valence-corrected chi connectivity index (χ4v) is 2.09. The first-order valence-corrected chi connectivity index (χ1v) is 5.07. The molecule has 0 atom stereocenters. The molecule has 2 rings (SSSR count). The van der Waals surface area contributed by atoms with Gasteiger partial charge < -0.3 is 10.4 Å². The molecule has 92 valence electrons. The molecule has 0 bridgehead atoms. The average Bonchev–Trinajstić information content (AvgIpc) is 2.79. The molecule has 2 fully saturated rings. The van der Waals surface area contributed by atoms with E-state index in [9.17, 15) is 18.0 Å². The Morgan fingerprint density at radius 3 is 2.19 bits per heavy atom. The zero-order valence-corrected chi connectivity index (χ0v) is 8.52. The van der Waals surface area contributed by atoms with Crippen molar-refractivity contribution >= 4 is 5.97 Å². The van der Waals surface area contributed by atoms with Crippen LogP contribution in [0.2, 0.25) is 0 Å². The number of rotatable bonds is 4. The number of aliphatic carboxylic acids is 1. The van der Waals surface area contributed by atoms with E-state index in [0.29, 0.717) is 0 Å². The molecule has 0 spiro atoms. The highest BCUT2D eigenvalue weighted by molar-refractivity contribution is 5.69. The lowest BCUT2D eigenvalue weighted by molar-refractivity contribution is -0.174. The summed E-state index contributed by atoms with van der Waals surface area (Å²) in [5.74, 6) is -1.08. The highest BCUT2D eigenvalue weighted by atomic mass is 19.4. The third-order valence-corrected chi connectivity index (χ3v) is 3.21. The number of hydrogen-bond acceptors (Lipinski definition) is 3. The van der Waals surface area contributed by atoms with E-state index >= 15 is 0 Å². The first kappa shape index (κ1) is 11.7. The third kappa shape index (κ3) is 1.89. The van der Waals surface area contributed by atoms with Crippen molar-refractivity contribution in [1.82, 2.24) is 10.6 Å². The van der Waals surface area contributed by atoms with Crippen molar-refractivity contribution in [2.75, 3.05) is 13.1 Å². The Labute approximate surface area is 90.2 Å². The zero-order chi connectivity index (χ0) is 12.0. The summed E-state index contributed by atoms with van der Waals surface area (Å²) in [5.41, 5.74) is -2.78. The largest absolute Gasteiger partial charge is 0.481 e. The molecule has 0 radical (unpaired) electrons. The number of nitrogens with one attached hydrogen (secondary N) is 2. The van der Waals surface area contributed by atoms with Gasteiger partial charge in [-0.25, -0.2) is 0 Å². The van der Waals surface area contributed by atoms with Crippen LogP contribution >= 0.6 is 0 Å². The van der Waals surface area contributed by atoms with Crippen LogP contribution < -0.4 is 10.6 Å². The number of carboxylic acid groups (broad SMARTS) is 1. The summed E-state index contributed by atoms with van der Waals surface area (Å²) in [5, 5.41) is 14.0. The first-order valence-electron chi connectivity index (χ1n) is 5.07. The predicted octanol–water partition coefficient (Wildman–Crippen LogP) is 0.488. The molecule has 3 N–H and O–H groups in total. The normalized spacial score (nSPS) is 25.9. The molecule has 2 aliphatic rings. The maximum Gasteiger partial charge on any atom is 0.406 e. The van der Waals surface area contributed by atoms with Crippen LogP contribution in [0.3, 0.4) is 0 Å². The SMILES string of the molecule is O=C(O)CC1(NC2(C(F)(F)F)CC2)CNC1. The molecule has 1 heterocycles. The van der Waals surface area contributed by atoms with Crippen LogP contribution in [0.5, 0.6) is 0 Å². The van der Waals surface area contributed by atoms with Gasteiger partial charge in [0.2, 0.25) is 0 Å². The summed E-state index contributed by atoms with van der Waals surface area (Å²) in [7, 11) is 0. The smallest absolute Gasteiger partial charge is 0.406 e. The van der Waals surface area contributed by atoms with Crippen molar-refractivity contribution in [3.63, 3.8) is 0 Å². The molecular formula is C9H13F3N2O2. The van der Waals surface area contributed by atoms with Gasteiger partial charge in [-0.15, -0.1) is 0 Å². The van der Waals surface area contributed by atoms with Gasteiger partial charge in [-0.1, -0.05) is 0 Å². The van der Waals surface area contributed by atoms with Crippen LogP contribution in [-0.4, -0.2) is 41.4 Å². The van der Waals surface area contributed by atoms with E-state index in [1.165, 1.54) is 0 Å². The summed E-state index contributed by atoms with van der Waals surface area (Å²) < 4.78 is 38.1. The predicted molar refractivity (Wildman–Crippen MR) is 49.0 cm³/mol. The quantitative estimate of drug-likeness (QED) is 0.667. The molecule has 1 saturated heterocycles. The Morgan fingerprint density at radius 2 is 1.94 bits per heavy atom. The summed E-state index contributed by atoms with van der Waals surface area (Å²) in [6, 6.07) is 0. The Balaban J connectivity index is 2.05. The third-order valence-electron chi connectivity index (χ3n) is 3.21. The topological polar surface area (TPSA) is 61.4 Å². The Bertz CT molecular complexity index is 308. The van der Waals surface area contributed by atoms with Gasteiger partial charge in [0.15, 0.2) is 0 Å². The molecule has 4 nitrogen and oxygen atoms in total. The van der Waals surface area contributed by atoms with Crippen molar-refractivity contribution < 1.29 is 23.1 Å². The first-order chi connectivity index (χ1) is 7.29. The molecule has 16 heavy (non-hydrogen) atoms. The van der Waals surface area contributed by atoms with Crippen LogP contribution in [0.25, 0.3) is 0 Å². The van der Waals surface area contributed by atoms with Gasteiger partial charge >= 0.3 is 12.1 Å². The van der Waals surface area contributed by atoms with Gasteiger partial charge in [0.25, 0.3) is 0 Å². The second-order valence-corrected chi connectivity index (χ2v) is 4.66. The van der Waals surface area contributed by atoms with Gasteiger partial charge in [-0.3, -0.25) is 10.1 Å². The molecule has 0 aromatic heterocycles. The van der Waals surface area contributed by atoms with E-state index < -0.39 is 23.2 Å². The molecule has 1 saturated carbocycles. The molecule has 7 heteroatoms. The Kier molecular flexibility index (Phi) is 2.43. The second-order valence-electron chi connectivity index (χ2n) is 4.66. The summed E-state index contributed by atoms with van der Waals surface area (Å²) in [4.78, 5) is 10.6. The van der Waals surface area contributed by atoms with Crippen LogP contribution in [0.1, 0.15) is 19.3 Å². The van der Waals surface area contributed by atoms with Crippen LogP contribution in [-0.2, 0) is 4.79 Å². The van der Waals surface area contributed by atoms with E-state index in [4.69, 9.17) is 5.11 Å².